The van der Waals surface area contributed by atoms with Crippen molar-refractivity contribution in [1.29, 1.82) is 0 Å². The second-order valence-electron chi connectivity index (χ2n) is 5.03. The molecular formula is C15H18ClN3O2. The van der Waals surface area contributed by atoms with Gasteiger partial charge in [-0.1, -0.05) is 16.8 Å². The van der Waals surface area contributed by atoms with Crippen LogP contribution >= 0.6 is 11.6 Å². The number of halogens is 1. The number of hydrogen-bond acceptors (Lipinski definition) is 4. The summed E-state index contributed by atoms with van der Waals surface area (Å²) in [7, 11) is 1.88. The summed E-state index contributed by atoms with van der Waals surface area (Å²) in [4.78, 5) is 13.9. The molecule has 1 amide bonds. The Hall–Kier alpha value is -1.85. The first-order valence-electron chi connectivity index (χ1n) is 6.61. The van der Waals surface area contributed by atoms with Gasteiger partial charge >= 0.3 is 0 Å². The number of amides is 1. The number of anilines is 1. The van der Waals surface area contributed by atoms with Gasteiger partial charge in [-0.2, -0.15) is 0 Å². The Bertz CT molecular complexity index is 603. The van der Waals surface area contributed by atoms with Gasteiger partial charge in [0.25, 0.3) is 0 Å². The van der Waals surface area contributed by atoms with Gasteiger partial charge in [0.15, 0.2) is 0 Å². The molecule has 2 rings (SSSR count). The van der Waals surface area contributed by atoms with Crippen LogP contribution in [-0.4, -0.2) is 29.6 Å². The quantitative estimate of drug-likeness (QED) is 0.922. The third kappa shape index (κ3) is 4.31. The van der Waals surface area contributed by atoms with Gasteiger partial charge in [0.1, 0.15) is 5.76 Å². The molecule has 0 atom stereocenters. The van der Waals surface area contributed by atoms with Crippen LogP contribution in [-0.2, 0) is 11.3 Å². The van der Waals surface area contributed by atoms with Gasteiger partial charge < -0.3 is 9.84 Å². The molecule has 0 aliphatic heterocycles. The molecule has 1 heterocycles. The van der Waals surface area contributed by atoms with E-state index in [-0.39, 0.29) is 12.5 Å². The zero-order valence-corrected chi connectivity index (χ0v) is 13.1. The second kappa shape index (κ2) is 6.74. The number of nitrogens with zero attached hydrogens (tertiary/aromatic N) is 2. The smallest absolute Gasteiger partial charge is 0.238 e. The molecule has 0 spiro atoms. The molecular weight excluding hydrogens is 290 g/mol. The third-order valence-corrected chi connectivity index (χ3v) is 3.40. The fourth-order valence-corrected chi connectivity index (χ4v) is 2.16. The predicted octanol–water partition coefficient (Wildman–Crippen LogP) is 3.02. The third-order valence-electron chi connectivity index (χ3n) is 3.15. The van der Waals surface area contributed by atoms with Gasteiger partial charge in [-0.05, 0) is 45.2 Å². The van der Waals surface area contributed by atoms with E-state index in [1.54, 1.807) is 24.3 Å². The summed E-state index contributed by atoms with van der Waals surface area (Å²) in [5.41, 5.74) is 2.62. The number of hydrogen-bond donors (Lipinski definition) is 1. The van der Waals surface area contributed by atoms with E-state index in [0.29, 0.717) is 11.6 Å². The standard InChI is InChI=1S/C15H18ClN3O2/c1-10-14(11(2)21-18-10)8-19(3)9-15(20)17-13-6-4-12(16)5-7-13/h4-7H,8-9H2,1-3H3,(H,17,20). The van der Waals surface area contributed by atoms with Crippen LogP contribution in [0.3, 0.4) is 0 Å². The van der Waals surface area contributed by atoms with Crippen molar-refractivity contribution >= 4 is 23.2 Å². The Morgan fingerprint density at radius 2 is 2.00 bits per heavy atom. The molecule has 1 aromatic carbocycles. The van der Waals surface area contributed by atoms with Gasteiger partial charge in [0.2, 0.25) is 5.91 Å². The van der Waals surface area contributed by atoms with E-state index in [1.807, 2.05) is 25.8 Å². The second-order valence-corrected chi connectivity index (χ2v) is 5.47. The highest BCUT2D eigenvalue weighted by Crippen LogP contribution is 2.15. The van der Waals surface area contributed by atoms with Crippen LogP contribution in [0.2, 0.25) is 5.02 Å². The SMILES string of the molecule is Cc1noc(C)c1CN(C)CC(=O)Nc1ccc(Cl)cc1. The molecule has 112 valence electrons. The molecule has 0 saturated carbocycles. The van der Waals surface area contributed by atoms with Crippen molar-refractivity contribution in [2.75, 3.05) is 18.9 Å². The normalized spacial score (nSPS) is 10.9. The number of carbonyl (C=O) groups is 1. The van der Waals surface area contributed by atoms with Crippen molar-refractivity contribution in [1.82, 2.24) is 10.1 Å². The maximum atomic E-state index is 12.0. The molecule has 0 bridgehead atoms. The first kappa shape index (κ1) is 15.5. The van der Waals surface area contributed by atoms with Crippen LogP contribution in [0.15, 0.2) is 28.8 Å². The molecule has 0 saturated heterocycles. The van der Waals surface area contributed by atoms with E-state index >= 15 is 0 Å². The fourth-order valence-electron chi connectivity index (χ4n) is 2.03. The van der Waals surface area contributed by atoms with Crippen LogP contribution < -0.4 is 5.32 Å². The summed E-state index contributed by atoms with van der Waals surface area (Å²) in [6.07, 6.45) is 0. The minimum atomic E-state index is -0.0772. The zero-order valence-electron chi connectivity index (χ0n) is 12.3. The summed E-state index contributed by atoms with van der Waals surface area (Å²) in [5, 5.41) is 7.38. The Labute approximate surface area is 128 Å². The first-order chi connectivity index (χ1) is 9.95. The van der Waals surface area contributed by atoms with E-state index in [9.17, 15) is 4.79 Å². The highest BCUT2D eigenvalue weighted by Gasteiger charge is 2.13. The number of rotatable bonds is 5. The lowest BCUT2D eigenvalue weighted by molar-refractivity contribution is -0.117. The maximum Gasteiger partial charge on any atom is 0.238 e. The lowest BCUT2D eigenvalue weighted by Crippen LogP contribution is -2.30. The maximum absolute atomic E-state index is 12.0. The first-order valence-corrected chi connectivity index (χ1v) is 6.99. The van der Waals surface area contributed by atoms with Crippen molar-refractivity contribution in [3.63, 3.8) is 0 Å². The van der Waals surface area contributed by atoms with Gasteiger partial charge in [-0.15, -0.1) is 0 Å². The van der Waals surface area contributed by atoms with Crippen LogP contribution in [0.4, 0.5) is 5.69 Å². The highest BCUT2D eigenvalue weighted by atomic mass is 35.5. The molecule has 0 fully saturated rings. The van der Waals surface area contributed by atoms with Crippen LogP contribution in [0.5, 0.6) is 0 Å². The number of aromatic nitrogens is 1. The minimum absolute atomic E-state index is 0.0772. The van der Waals surface area contributed by atoms with Crippen molar-refractivity contribution < 1.29 is 9.32 Å². The number of benzene rings is 1. The number of aryl methyl sites for hydroxylation is 2. The average Bonchev–Trinajstić information content (AvgIpc) is 2.73. The van der Waals surface area contributed by atoms with E-state index in [1.165, 1.54) is 0 Å². The Balaban J connectivity index is 1.89. The van der Waals surface area contributed by atoms with Gasteiger partial charge in [0.05, 0.1) is 12.2 Å². The van der Waals surface area contributed by atoms with Crippen LogP contribution in [0.1, 0.15) is 17.0 Å². The van der Waals surface area contributed by atoms with Gasteiger partial charge in [-0.25, -0.2) is 0 Å². The van der Waals surface area contributed by atoms with Crippen molar-refractivity contribution in [3.05, 3.63) is 46.3 Å². The van der Waals surface area contributed by atoms with Crippen LogP contribution in [0.25, 0.3) is 0 Å². The topological polar surface area (TPSA) is 58.4 Å². The lowest BCUT2D eigenvalue weighted by atomic mass is 10.2. The largest absolute Gasteiger partial charge is 0.361 e. The molecule has 5 nitrogen and oxygen atoms in total. The van der Waals surface area contributed by atoms with Crippen molar-refractivity contribution in [3.8, 4) is 0 Å². The Morgan fingerprint density at radius 1 is 1.33 bits per heavy atom. The molecule has 0 radical (unpaired) electrons. The summed E-state index contributed by atoms with van der Waals surface area (Å²) < 4.78 is 5.12. The molecule has 21 heavy (non-hydrogen) atoms. The monoisotopic (exact) mass is 307 g/mol. The molecule has 0 aliphatic carbocycles. The predicted molar refractivity (Wildman–Crippen MR) is 82.4 cm³/mol. The minimum Gasteiger partial charge on any atom is -0.361 e. The number of carbonyl (C=O) groups excluding carboxylic acids is 1. The molecule has 1 aromatic heterocycles. The van der Waals surface area contributed by atoms with E-state index in [4.69, 9.17) is 16.1 Å². The van der Waals surface area contributed by atoms with E-state index < -0.39 is 0 Å². The summed E-state index contributed by atoms with van der Waals surface area (Å²) in [6, 6.07) is 7.03. The Morgan fingerprint density at radius 3 is 2.57 bits per heavy atom. The summed E-state index contributed by atoms with van der Waals surface area (Å²) in [5.74, 6) is 0.712. The van der Waals surface area contributed by atoms with Crippen LogP contribution in [0, 0.1) is 13.8 Å². The summed E-state index contributed by atoms with van der Waals surface area (Å²) in [6.45, 7) is 4.67. The Kier molecular flexibility index (Phi) is 4.98. The van der Waals surface area contributed by atoms with Crippen molar-refractivity contribution in [2.45, 2.75) is 20.4 Å². The molecule has 0 aliphatic rings. The fraction of sp³-hybridized carbons (Fsp3) is 0.333. The van der Waals surface area contributed by atoms with Gasteiger partial charge in [-0.3, -0.25) is 9.69 Å². The molecule has 6 heteroatoms. The number of nitrogens with one attached hydrogen (secondary N) is 1. The molecule has 1 N–H and O–H groups in total. The van der Waals surface area contributed by atoms with Crippen molar-refractivity contribution in [2.24, 2.45) is 0 Å². The lowest BCUT2D eigenvalue weighted by Gasteiger charge is -2.16. The molecule has 2 aromatic rings. The van der Waals surface area contributed by atoms with Gasteiger partial charge in [0, 0.05) is 22.8 Å². The summed E-state index contributed by atoms with van der Waals surface area (Å²) >= 11 is 5.81. The number of likely N-dealkylation sites (N-methyl/N-ethyl adjacent to an activating group) is 1. The molecule has 0 unspecified atom stereocenters. The zero-order chi connectivity index (χ0) is 15.4. The highest BCUT2D eigenvalue weighted by molar-refractivity contribution is 6.30. The average molecular weight is 308 g/mol. The van der Waals surface area contributed by atoms with E-state index in [2.05, 4.69) is 10.5 Å². The van der Waals surface area contributed by atoms with E-state index in [0.717, 1.165) is 22.7 Å².